The first kappa shape index (κ1) is 10.3. The molecule has 2 fully saturated rings. The van der Waals surface area contributed by atoms with Gasteiger partial charge in [-0.05, 0) is 12.8 Å². The van der Waals surface area contributed by atoms with Crippen LogP contribution in [0.25, 0.3) is 0 Å². The molecule has 14 heavy (non-hydrogen) atoms. The second-order valence-corrected chi connectivity index (χ2v) is 4.72. The second-order valence-electron chi connectivity index (χ2n) is 3.69. The summed E-state index contributed by atoms with van der Waals surface area (Å²) in [4.78, 5) is 11.7. The number of hydrogen-bond donors (Lipinski definition) is 2. The third-order valence-corrected chi connectivity index (χ3v) is 3.48. The molecule has 0 aromatic carbocycles. The van der Waals surface area contributed by atoms with Crippen molar-refractivity contribution in [2.24, 2.45) is 0 Å². The summed E-state index contributed by atoms with van der Waals surface area (Å²) in [5.74, 6) is 1.91. The van der Waals surface area contributed by atoms with Crippen LogP contribution in [-0.2, 0) is 9.53 Å². The lowest BCUT2D eigenvalue weighted by molar-refractivity contribution is -0.124. The standard InChI is InChI=1S/C9H16N2O2S/c12-9(8-5-14-6-10-8)11-7-2-1-3-13-4-7/h7-8,10H,1-6H2,(H,11,12)/t7?,8-/m1/s1. The van der Waals surface area contributed by atoms with Crippen LogP contribution in [-0.4, -0.2) is 42.8 Å². The summed E-state index contributed by atoms with van der Waals surface area (Å²) in [6.07, 6.45) is 2.10. The van der Waals surface area contributed by atoms with Crippen molar-refractivity contribution >= 4 is 17.7 Å². The first-order chi connectivity index (χ1) is 6.86. The number of thioether (sulfide) groups is 1. The van der Waals surface area contributed by atoms with E-state index in [2.05, 4.69) is 10.6 Å². The minimum absolute atomic E-state index is 0.00178. The molecule has 2 saturated heterocycles. The van der Waals surface area contributed by atoms with E-state index in [1.165, 1.54) is 0 Å². The quantitative estimate of drug-likeness (QED) is 0.679. The monoisotopic (exact) mass is 216 g/mol. The van der Waals surface area contributed by atoms with E-state index in [-0.39, 0.29) is 18.0 Å². The van der Waals surface area contributed by atoms with E-state index < -0.39 is 0 Å². The maximum atomic E-state index is 11.7. The second kappa shape index (κ2) is 5.00. The van der Waals surface area contributed by atoms with Crippen molar-refractivity contribution < 1.29 is 9.53 Å². The van der Waals surface area contributed by atoms with Crippen LogP contribution >= 0.6 is 11.8 Å². The van der Waals surface area contributed by atoms with Gasteiger partial charge in [-0.25, -0.2) is 0 Å². The van der Waals surface area contributed by atoms with Crippen LogP contribution < -0.4 is 10.6 Å². The zero-order chi connectivity index (χ0) is 9.80. The molecule has 2 aliphatic heterocycles. The Balaban J connectivity index is 1.75. The van der Waals surface area contributed by atoms with E-state index in [9.17, 15) is 4.79 Å². The summed E-state index contributed by atoms with van der Waals surface area (Å²) in [5.41, 5.74) is 0. The van der Waals surface area contributed by atoms with Crippen LogP contribution in [0, 0.1) is 0 Å². The largest absolute Gasteiger partial charge is 0.379 e. The Morgan fingerprint density at radius 3 is 3.14 bits per heavy atom. The van der Waals surface area contributed by atoms with Gasteiger partial charge in [0, 0.05) is 18.2 Å². The number of ether oxygens (including phenoxy) is 1. The van der Waals surface area contributed by atoms with E-state index in [0.717, 1.165) is 31.1 Å². The zero-order valence-corrected chi connectivity index (χ0v) is 8.94. The van der Waals surface area contributed by atoms with Gasteiger partial charge in [-0.1, -0.05) is 0 Å². The Bertz CT molecular complexity index is 201. The minimum atomic E-state index is 0.00178. The summed E-state index contributed by atoms with van der Waals surface area (Å²) in [6, 6.07) is 0.227. The number of hydrogen-bond acceptors (Lipinski definition) is 4. The van der Waals surface area contributed by atoms with Crippen LogP contribution in [0.15, 0.2) is 0 Å². The van der Waals surface area contributed by atoms with E-state index >= 15 is 0 Å². The molecule has 80 valence electrons. The third-order valence-electron chi connectivity index (χ3n) is 2.54. The van der Waals surface area contributed by atoms with Gasteiger partial charge < -0.3 is 10.1 Å². The maximum absolute atomic E-state index is 11.7. The molecule has 0 spiro atoms. The van der Waals surface area contributed by atoms with Gasteiger partial charge in [-0.2, -0.15) is 0 Å². The molecule has 0 radical (unpaired) electrons. The molecule has 2 atom stereocenters. The van der Waals surface area contributed by atoms with Crippen LogP contribution in [0.2, 0.25) is 0 Å². The summed E-state index contributed by atoms with van der Waals surface area (Å²) >= 11 is 1.77. The Morgan fingerprint density at radius 1 is 1.57 bits per heavy atom. The van der Waals surface area contributed by atoms with Gasteiger partial charge in [0.1, 0.15) is 0 Å². The van der Waals surface area contributed by atoms with Gasteiger partial charge in [0.25, 0.3) is 0 Å². The highest BCUT2D eigenvalue weighted by Crippen LogP contribution is 2.11. The molecule has 5 heteroatoms. The SMILES string of the molecule is O=C(NC1CCCOC1)[C@H]1CSCN1. The van der Waals surface area contributed by atoms with Gasteiger partial charge in [0.05, 0.1) is 18.7 Å². The zero-order valence-electron chi connectivity index (χ0n) is 8.12. The maximum Gasteiger partial charge on any atom is 0.238 e. The molecule has 0 bridgehead atoms. The number of amides is 1. The van der Waals surface area contributed by atoms with Crippen LogP contribution in [0.1, 0.15) is 12.8 Å². The van der Waals surface area contributed by atoms with Crippen LogP contribution in [0.4, 0.5) is 0 Å². The van der Waals surface area contributed by atoms with Crippen LogP contribution in [0.5, 0.6) is 0 Å². The van der Waals surface area contributed by atoms with E-state index in [0.29, 0.717) is 6.61 Å². The van der Waals surface area contributed by atoms with E-state index in [1.807, 2.05) is 0 Å². The predicted molar refractivity (Wildman–Crippen MR) is 56.2 cm³/mol. The van der Waals surface area contributed by atoms with Gasteiger partial charge in [0.15, 0.2) is 0 Å². The Kier molecular flexibility index (Phi) is 3.67. The van der Waals surface area contributed by atoms with E-state index in [4.69, 9.17) is 4.74 Å². The van der Waals surface area contributed by atoms with Crippen molar-refractivity contribution in [1.82, 2.24) is 10.6 Å². The van der Waals surface area contributed by atoms with Gasteiger partial charge in [-0.3, -0.25) is 10.1 Å². The fourth-order valence-corrected chi connectivity index (χ4v) is 2.66. The first-order valence-electron chi connectivity index (χ1n) is 5.05. The predicted octanol–water partition coefficient (Wildman–Crippen LogP) is -0.0559. The molecule has 0 aromatic heterocycles. The summed E-state index contributed by atoms with van der Waals surface area (Å²) in [6.45, 7) is 1.51. The number of carbonyl (C=O) groups excluding carboxylic acids is 1. The third kappa shape index (κ3) is 2.62. The molecule has 0 aliphatic carbocycles. The van der Waals surface area contributed by atoms with Crippen molar-refractivity contribution in [2.75, 3.05) is 24.8 Å². The molecule has 2 heterocycles. The highest BCUT2D eigenvalue weighted by atomic mass is 32.2. The van der Waals surface area contributed by atoms with Crippen molar-refractivity contribution in [1.29, 1.82) is 0 Å². The Morgan fingerprint density at radius 2 is 2.50 bits per heavy atom. The molecule has 2 aliphatic rings. The summed E-state index contributed by atoms with van der Waals surface area (Å²) in [5, 5.41) is 6.18. The molecule has 2 N–H and O–H groups in total. The molecular formula is C9H16N2O2S. The average Bonchev–Trinajstić information content (AvgIpc) is 2.72. The van der Waals surface area contributed by atoms with Gasteiger partial charge in [0.2, 0.25) is 5.91 Å². The normalized spacial score (nSPS) is 32.9. The number of carbonyl (C=O) groups is 1. The highest BCUT2D eigenvalue weighted by Gasteiger charge is 2.25. The minimum Gasteiger partial charge on any atom is -0.379 e. The molecular weight excluding hydrogens is 200 g/mol. The van der Waals surface area contributed by atoms with Crippen molar-refractivity contribution in [3.05, 3.63) is 0 Å². The average molecular weight is 216 g/mol. The summed E-state index contributed by atoms with van der Waals surface area (Å²) < 4.78 is 5.31. The Labute approximate surface area is 88.1 Å². The van der Waals surface area contributed by atoms with Gasteiger partial charge in [-0.15, -0.1) is 11.8 Å². The molecule has 1 amide bonds. The number of rotatable bonds is 2. The van der Waals surface area contributed by atoms with Gasteiger partial charge >= 0.3 is 0 Å². The lowest BCUT2D eigenvalue weighted by Crippen LogP contribution is -2.48. The summed E-state index contributed by atoms with van der Waals surface area (Å²) in [7, 11) is 0. The fourth-order valence-electron chi connectivity index (χ4n) is 1.72. The first-order valence-corrected chi connectivity index (χ1v) is 6.21. The lowest BCUT2D eigenvalue weighted by Gasteiger charge is -2.24. The highest BCUT2D eigenvalue weighted by molar-refractivity contribution is 7.99. The van der Waals surface area contributed by atoms with Crippen molar-refractivity contribution in [2.45, 2.75) is 24.9 Å². The molecule has 0 saturated carbocycles. The molecule has 0 aromatic rings. The fraction of sp³-hybridized carbons (Fsp3) is 0.889. The Hall–Kier alpha value is -0.260. The van der Waals surface area contributed by atoms with Crippen molar-refractivity contribution in [3.63, 3.8) is 0 Å². The van der Waals surface area contributed by atoms with E-state index in [1.54, 1.807) is 11.8 Å². The molecule has 1 unspecified atom stereocenters. The van der Waals surface area contributed by atoms with Crippen molar-refractivity contribution in [3.8, 4) is 0 Å². The van der Waals surface area contributed by atoms with Crippen LogP contribution in [0.3, 0.4) is 0 Å². The smallest absolute Gasteiger partial charge is 0.238 e. The number of nitrogens with one attached hydrogen (secondary N) is 2. The lowest BCUT2D eigenvalue weighted by atomic mass is 10.1. The molecule has 4 nitrogen and oxygen atoms in total. The topological polar surface area (TPSA) is 50.4 Å². The molecule has 2 rings (SSSR count).